The standard InChI is InChI=1S/C12H15BrN2O3/c1-12(2,3)18-11(17)15-14-10(16)8-5-4-6-9(13)7-8/h4-7H,1-3H3,(H,14,16)(H,15,17). The van der Waals surface area contributed by atoms with Crippen LogP contribution >= 0.6 is 15.9 Å². The number of benzene rings is 1. The third kappa shape index (κ3) is 5.18. The normalized spacial score (nSPS) is 10.7. The summed E-state index contributed by atoms with van der Waals surface area (Å²) in [4.78, 5) is 23.0. The van der Waals surface area contributed by atoms with E-state index in [-0.39, 0.29) is 0 Å². The Bertz CT molecular complexity index is 455. The fourth-order valence-electron chi connectivity index (χ4n) is 1.11. The van der Waals surface area contributed by atoms with Gasteiger partial charge in [-0.15, -0.1) is 0 Å². The van der Waals surface area contributed by atoms with Crippen molar-refractivity contribution in [2.24, 2.45) is 0 Å². The lowest BCUT2D eigenvalue weighted by molar-refractivity contribution is 0.0483. The third-order valence-corrected chi connectivity index (χ3v) is 2.26. The second-order valence-corrected chi connectivity index (χ2v) is 5.51. The van der Waals surface area contributed by atoms with Crippen molar-refractivity contribution >= 4 is 27.9 Å². The molecule has 5 nitrogen and oxygen atoms in total. The van der Waals surface area contributed by atoms with Gasteiger partial charge in [0, 0.05) is 10.0 Å². The molecule has 0 aliphatic heterocycles. The van der Waals surface area contributed by atoms with Gasteiger partial charge < -0.3 is 4.74 Å². The van der Waals surface area contributed by atoms with Crippen molar-refractivity contribution in [3.8, 4) is 0 Å². The van der Waals surface area contributed by atoms with E-state index in [1.807, 2.05) is 0 Å². The molecule has 2 amide bonds. The van der Waals surface area contributed by atoms with E-state index in [4.69, 9.17) is 4.74 Å². The van der Waals surface area contributed by atoms with Crippen molar-refractivity contribution in [2.75, 3.05) is 0 Å². The van der Waals surface area contributed by atoms with E-state index in [9.17, 15) is 9.59 Å². The molecule has 98 valence electrons. The Hall–Kier alpha value is -1.56. The van der Waals surface area contributed by atoms with E-state index in [0.717, 1.165) is 4.47 Å². The van der Waals surface area contributed by atoms with E-state index in [0.29, 0.717) is 5.56 Å². The van der Waals surface area contributed by atoms with Crippen molar-refractivity contribution in [1.29, 1.82) is 0 Å². The average molecular weight is 315 g/mol. The Morgan fingerprint density at radius 3 is 2.44 bits per heavy atom. The number of hydrogen-bond acceptors (Lipinski definition) is 3. The van der Waals surface area contributed by atoms with Crippen LogP contribution in [-0.4, -0.2) is 17.6 Å². The van der Waals surface area contributed by atoms with Crippen molar-refractivity contribution in [3.63, 3.8) is 0 Å². The molecule has 0 atom stereocenters. The minimum absolute atomic E-state index is 0.415. The van der Waals surface area contributed by atoms with Crippen LogP contribution in [0, 0.1) is 0 Å². The van der Waals surface area contributed by atoms with Crippen LogP contribution in [0.3, 0.4) is 0 Å². The second kappa shape index (κ2) is 5.86. The van der Waals surface area contributed by atoms with Crippen molar-refractivity contribution < 1.29 is 14.3 Å². The minimum atomic E-state index is -0.703. The highest BCUT2D eigenvalue weighted by atomic mass is 79.9. The lowest BCUT2D eigenvalue weighted by Gasteiger charge is -2.19. The summed E-state index contributed by atoms with van der Waals surface area (Å²) in [6.07, 6.45) is -0.703. The van der Waals surface area contributed by atoms with Crippen LogP contribution < -0.4 is 10.9 Å². The summed E-state index contributed by atoms with van der Waals surface area (Å²) >= 11 is 3.26. The van der Waals surface area contributed by atoms with E-state index < -0.39 is 17.6 Å². The van der Waals surface area contributed by atoms with Crippen LogP contribution in [0.1, 0.15) is 31.1 Å². The van der Waals surface area contributed by atoms with Crippen LogP contribution in [-0.2, 0) is 4.74 Å². The zero-order valence-corrected chi connectivity index (χ0v) is 12.0. The predicted octanol–water partition coefficient (Wildman–Crippen LogP) is 2.62. The number of rotatable bonds is 1. The zero-order chi connectivity index (χ0) is 13.8. The molecule has 18 heavy (non-hydrogen) atoms. The number of hydrazine groups is 1. The number of hydrogen-bond donors (Lipinski definition) is 2. The molecule has 1 rings (SSSR count). The van der Waals surface area contributed by atoms with Gasteiger partial charge in [0.1, 0.15) is 5.60 Å². The maximum Gasteiger partial charge on any atom is 0.426 e. The largest absolute Gasteiger partial charge is 0.443 e. The summed E-state index contributed by atoms with van der Waals surface area (Å²) in [6, 6.07) is 6.81. The zero-order valence-electron chi connectivity index (χ0n) is 10.4. The van der Waals surface area contributed by atoms with Gasteiger partial charge in [0.25, 0.3) is 5.91 Å². The van der Waals surface area contributed by atoms with Gasteiger partial charge >= 0.3 is 6.09 Å². The fraction of sp³-hybridized carbons (Fsp3) is 0.333. The van der Waals surface area contributed by atoms with E-state index >= 15 is 0 Å². The number of halogens is 1. The molecule has 0 heterocycles. The highest BCUT2D eigenvalue weighted by molar-refractivity contribution is 9.10. The second-order valence-electron chi connectivity index (χ2n) is 4.59. The molecule has 0 unspecified atom stereocenters. The third-order valence-electron chi connectivity index (χ3n) is 1.76. The van der Waals surface area contributed by atoms with Gasteiger partial charge in [-0.2, -0.15) is 0 Å². The predicted molar refractivity (Wildman–Crippen MR) is 71.0 cm³/mol. The lowest BCUT2D eigenvalue weighted by Crippen LogP contribution is -2.44. The van der Waals surface area contributed by atoms with Crippen LogP contribution in [0.5, 0.6) is 0 Å². The summed E-state index contributed by atoms with van der Waals surface area (Å²) < 4.78 is 5.76. The highest BCUT2D eigenvalue weighted by Crippen LogP contribution is 2.11. The molecule has 1 aromatic rings. The quantitative estimate of drug-likeness (QED) is 0.783. The first-order chi connectivity index (χ1) is 8.28. The molecule has 0 aromatic heterocycles. The Balaban J connectivity index is 2.49. The summed E-state index contributed by atoms with van der Waals surface area (Å²) in [5.74, 6) is -0.415. The van der Waals surface area contributed by atoms with Crippen LogP contribution in [0.25, 0.3) is 0 Å². The Morgan fingerprint density at radius 1 is 1.22 bits per heavy atom. The molecular weight excluding hydrogens is 300 g/mol. The number of nitrogens with one attached hydrogen (secondary N) is 2. The maximum atomic E-state index is 11.7. The molecule has 1 aromatic carbocycles. The summed E-state index contributed by atoms with van der Waals surface area (Å²) in [5, 5.41) is 0. The van der Waals surface area contributed by atoms with Crippen molar-refractivity contribution in [3.05, 3.63) is 34.3 Å². The Kier molecular flexibility index (Phi) is 4.72. The molecule has 0 fully saturated rings. The van der Waals surface area contributed by atoms with E-state index in [1.54, 1.807) is 45.0 Å². The topological polar surface area (TPSA) is 67.4 Å². The van der Waals surface area contributed by atoms with Crippen LogP contribution in [0.4, 0.5) is 4.79 Å². The first-order valence-electron chi connectivity index (χ1n) is 5.33. The Morgan fingerprint density at radius 2 is 1.89 bits per heavy atom. The van der Waals surface area contributed by atoms with Gasteiger partial charge in [-0.3, -0.25) is 10.2 Å². The van der Waals surface area contributed by atoms with Crippen molar-refractivity contribution in [1.82, 2.24) is 10.9 Å². The first-order valence-corrected chi connectivity index (χ1v) is 6.12. The van der Waals surface area contributed by atoms with Crippen molar-refractivity contribution in [2.45, 2.75) is 26.4 Å². The smallest absolute Gasteiger partial charge is 0.426 e. The van der Waals surface area contributed by atoms with Crippen LogP contribution in [0.2, 0.25) is 0 Å². The molecule has 6 heteroatoms. The number of carbonyl (C=O) groups excluding carboxylic acids is 2. The summed E-state index contributed by atoms with van der Waals surface area (Å²) in [5.41, 5.74) is 4.27. The molecule has 0 saturated carbocycles. The highest BCUT2D eigenvalue weighted by Gasteiger charge is 2.16. The molecule has 0 aliphatic carbocycles. The van der Waals surface area contributed by atoms with E-state index in [1.165, 1.54) is 0 Å². The Labute approximate surface area is 114 Å². The number of ether oxygens (including phenoxy) is 1. The molecule has 0 aliphatic rings. The summed E-state index contributed by atoms with van der Waals surface area (Å²) in [7, 11) is 0. The molecule has 0 saturated heterocycles. The number of amides is 2. The van der Waals surface area contributed by atoms with E-state index in [2.05, 4.69) is 26.8 Å². The molecule has 0 bridgehead atoms. The maximum absolute atomic E-state index is 11.7. The van der Waals surface area contributed by atoms with Crippen LogP contribution in [0.15, 0.2) is 28.7 Å². The monoisotopic (exact) mass is 314 g/mol. The van der Waals surface area contributed by atoms with Gasteiger partial charge in [-0.05, 0) is 39.0 Å². The first kappa shape index (κ1) is 14.5. The molecular formula is C12H15BrN2O3. The van der Waals surface area contributed by atoms with Gasteiger partial charge in [-0.25, -0.2) is 10.2 Å². The SMILES string of the molecule is CC(C)(C)OC(=O)NNC(=O)c1cccc(Br)c1. The van der Waals surface area contributed by atoms with Gasteiger partial charge in [0.05, 0.1) is 0 Å². The average Bonchev–Trinajstić information content (AvgIpc) is 2.23. The molecule has 2 N–H and O–H groups in total. The van der Waals surface area contributed by atoms with Gasteiger partial charge in [0.2, 0.25) is 0 Å². The van der Waals surface area contributed by atoms with Gasteiger partial charge in [-0.1, -0.05) is 22.0 Å². The summed E-state index contributed by atoms with van der Waals surface area (Å²) in [6.45, 7) is 5.22. The number of carbonyl (C=O) groups is 2. The fourth-order valence-corrected chi connectivity index (χ4v) is 1.51. The minimum Gasteiger partial charge on any atom is -0.443 e. The lowest BCUT2D eigenvalue weighted by atomic mass is 10.2. The van der Waals surface area contributed by atoms with Gasteiger partial charge in [0.15, 0.2) is 0 Å². The molecule has 0 spiro atoms. The molecule has 0 radical (unpaired) electrons.